The second-order valence-corrected chi connectivity index (χ2v) is 8.96. The summed E-state index contributed by atoms with van der Waals surface area (Å²) in [4.78, 5) is 0.724. The maximum Gasteiger partial charge on any atom is 0.279 e. The summed E-state index contributed by atoms with van der Waals surface area (Å²) in [5, 5.41) is 0. The molecule has 0 spiro atoms. The van der Waals surface area contributed by atoms with Crippen LogP contribution >= 0.6 is 0 Å². The van der Waals surface area contributed by atoms with Crippen LogP contribution in [0.25, 0.3) is 0 Å². The van der Waals surface area contributed by atoms with E-state index in [0.717, 1.165) is 30.6 Å². The molecular weight excluding hydrogens is 320 g/mol. The van der Waals surface area contributed by atoms with E-state index < -0.39 is 21.0 Å². The minimum Gasteiger partial charge on any atom is -0.254 e. The van der Waals surface area contributed by atoms with Crippen molar-refractivity contribution < 1.29 is 12.6 Å². The van der Waals surface area contributed by atoms with Gasteiger partial charge in [-0.15, -0.1) is 0 Å². The first-order valence-electron chi connectivity index (χ1n) is 7.67. The Morgan fingerprint density at radius 3 is 2.45 bits per heavy atom. The van der Waals surface area contributed by atoms with Gasteiger partial charge in [-0.3, -0.25) is 4.21 Å². The molecule has 1 aliphatic carbocycles. The lowest BCUT2D eigenvalue weighted by molar-refractivity contribution is 0.283. The second kappa shape index (κ2) is 8.19. The van der Waals surface area contributed by atoms with Crippen LogP contribution in [0.1, 0.15) is 32.1 Å². The first-order chi connectivity index (χ1) is 10.5. The van der Waals surface area contributed by atoms with Crippen LogP contribution in [0.5, 0.6) is 0 Å². The molecule has 1 aromatic rings. The van der Waals surface area contributed by atoms with Gasteiger partial charge in [0, 0.05) is 30.3 Å². The number of nitrogens with one attached hydrogen (secondary N) is 1. The van der Waals surface area contributed by atoms with Crippen LogP contribution in [0.15, 0.2) is 35.2 Å². The van der Waals surface area contributed by atoms with Crippen molar-refractivity contribution in [1.29, 1.82) is 0 Å². The SMILES string of the molecule is CN(C1CCCCC1)S(=O)(=O)NCCS(=O)c1ccccc1. The second-order valence-electron chi connectivity index (χ2n) is 5.57. The van der Waals surface area contributed by atoms with Crippen molar-refractivity contribution in [2.24, 2.45) is 0 Å². The topological polar surface area (TPSA) is 66.5 Å². The van der Waals surface area contributed by atoms with Gasteiger partial charge in [-0.2, -0.15) is 12.7 Å². The maximum absolute atomic E-state index is 12.3. The van der Waals surface area contributed by atoms with Gasteiger partial charge in [-0.1, -0.05) is 37.5 Å². The van der Waals surface area contributed by atoms with Crippen molar-refractivity contribution in [2.75, 3.05) is 19.3 Å². The summed E-state index contributed by atoms with van der Waals surface area (Å²) in [6.45, 7) is 0.181. The Balaban J connectivity index is 1.83. The largest absolute Gasteiger partial charge is 0.279 e. The summed E-state index contributed by atoms with van der Waals surface area (Å²) in [6, 6.07) is 9.19. The van der Waals surface area contributed by atoms with Crippen LogP contribution in [0.3, 0.4) is 0 Å². The summed E-state index contributed by atoms with van der Waals surface area (Å²) >= 11 is 0. The minimum atomic E-state index is -3.49. The van der Waals surface area contributed by atoms with Gasteiger partial charge >= 0.3 is 0 Å². The molecule has 1 N–H and O–H groups in total. The third kappa shape index (κ3) is 4.87. The molecule has 0 radical (unpaired) electrons. The Bertz CT molecular complexity index is 584. The Labute approximate surface area is 135 Å². The van der Waals surface area contributed by atoms with Gasteiger partial charge in [0.25, 0.3) is 10.2 Å². The standard InChI is InChI=1S/C15H24N2O3S2/c1-17(14-8-4-2-5-9-14)22(19,20)16-12-13-21(18)15-10-6-3-7-11-15/h3,6-7,10-11,14,16H,2,4-5,8-9,12-13H2,1H3. The predicted octanol–water partition coefficient (Wildman–Crippen LogP) is 1.89. The van der Waals surface area contributed by atoms with Crippen molar-refractivity contribution >= 4 is 21.0 Å². The molecule has 0 bridgehead atoms. The average Bonchev–Trinajstić information content (AvgIpc) is 2.55. The molecule has 0 heterocycles. The summed E-state index contributed by atoms with van der Waals surface area (Å²) < 4.78 is 40.6. The van der Waals surface area contributed by atoms with Gasteiger partial charge in [0.2, 0.25) is 0 Å². The highest BCUT2D eigenvalue weighted by Gasteiger charge is 2.27. The highest BCUT2D eigenvalue weighted by Crippen LogP contribution is 2.22. The zero-order valence-electron chi connectivity index (χ0n) is 12.9. The summed E-state index contributed by atoms with van der Waals surface area (Å²) in [7, 11) is -3.04. The van der Waals surface area contributed by atoms with E-state index in [1.54, 1.807) is 19.2 Å². The normalized spacial score (nSPS) is 18.5. The number of hydrogen-bond acceptors (Lipinski definition) is 3. The number of rotatable bonds is 7. The number of benzene rings is 1. The Hall–Kier alpha value is -0.760. The van der Waals surface area contributed by atoms with E-state index in [1.807, 2.05) is 18.2 Å². The molecule has 7 heteroatoms. The third-order valence-corrected chi connectivity index (χ3v) is 7.04. The summed E-state index contributed by atoms with van der Waals surface area (Å²) in [6.07, 6.45) is 5.21. The molecule has 1 fully saturated rings. The molecular formula is C15H24N2O3S2. The number of hydrogen-bond donors (Lipinski definition) is 1. The molecule has 1 atom stereocenters. The summed E-state index contributed by atoms with van der Waals surface area (Å²) in [5.41, 5.74) is 0. The van der Waals surface area contributed by atoms with Gasteiger partial charge in [-0.05, 0) is 25.0 Å². The Morgan fingerprint density at radius 2 is 1.82 bits per heavy atom. The first-order valence-corrected chi connectivity index (χ1v) is 10.4. The van der Waals surface area contributed by atoms with Gasteiger partial charge in [-0.25, -0.2) is 4.72 Å². The van der Waals surface area contributed by atoms with Gasteiger partial charge in [0.05, 0.1) is 10.8 Å². The molecule has 5 nitrogen and oxygen atoms in total. The lowest BCUT2D eigenvalue weighted by atomic mass is 9.96. The van der Waals surface area contributed by atoms with E-state index in [4.69, 9.17) is 0 Å². The molecule has 0 aromatic heterocycles. The zero-order valence-corrected chi connectivity index (χ0v) is 14.5. The van der Waals surface area contributed by atoms with Crippen LogP contribution in [0.2, 0.25) is 0 Å². The third-order valence-electron chi connectivity index (χ3n) is 4.05. The van der Waals surface area contributed by atoms with E-state index >= 15 is 0 Å². The minimum absolute atomic E-state index is 0.0888. The molecule has 2 rings (SSSR count). The molecule has 1 aliphatic rings. The Morgan fingerprint density at radius 1 is 1.18 bits per heavy atom. The zero-order chi connectivity index (χ0) is 16.0. The lowest BCUT2D eigenvalue weighted by Gasteiger charge is -2.30. The Kier molecular flexibility index (Phi) is 6.55. The number of nitrogens with zero attached hydrogens (tertiary/aromatic N) is 1. The van der Waals surface area contributed by atoms with Crippen molar-refractivity contribution in [3.05, 3.63) is 30.3 Å². The van der Waals surface area contributed by atoms with Crippen molar-refractivity contribution in [1.82, 2.24) is 9.03 Å². The smallest absolute Gasteiger partial charge is 0.254 e. The molecule has 1 aromatic carbocycles. The van der Waals surface area contributed by atoms with Gasteiger partial charge in [0.15, 0.2) is 0 Å². The highest BCUT2D eigenvalue weighted by molar-refractivity contribution is 7.87. The van der Waals surface area contributed by atoms with E-state index in [1.165, 1.54) is 10.7 Å². The molecule has 0 saturated heterocycles. The van der Waals surface area contributed by atoms with Crippen LogP contribution in [0, 0.1) is 0 Å². The van der Waals surface area contributed by atoms with E-state index in [2.05, 4.69) is 4.72 Å². The van der Waals surface area contributed by atoms with Crippen LogP contribution in [-0.2, 0) is 21.0 Å². The maximum atomic E-state index is 12.3. The van der Waals surface area contributed by atoms with Gasteiger partial charge in [0.1, 0.15) is 0 Å². The monoisotopic (exact) mass is 344 g/mol. The van der Waals surface area contributed by atoms with E-state index in [9.17, 15) is 12.6 Å². The fourth-order valence-electron chi connectivity index (χ4n) is 2.70. The average molecular weight is 345 g/mol. The van der Waals surface area contributed by atoms with Crippen molar-refractivity contribution in [2.45, 2.75) is 43.0 Å². The fourth-order valence-corrected chi connectivity index (χ4v) is 4.98. The highest BCUT2D eigenvalue weighted by atomic mass is 32.2. The first kappa shape index (κ1) is 17.6. The molecule has 0 amide bonds. The molecule has 1 unspecified atom stereocenters. The summed E-state index contributed by atoms with van der Waals surface area (Å²) in [5.74, 6) is 0.280. The molecule has 1 saturated carbocycles. The van der Waals surface area contributed by atoms with Crippen LogP contribution in [0.4, 0.5) is 0 Å². The molecule has 22 heavy (non-hydrogen) atoms. The quantitative estimate of drug-likeness (QED) is 0.821. The van der Waals surface area contributed by atoms with Crippen molar-refractivity contribution in [3.8, 4) is 0 Å². The lowest BCUT2D eigenvalue weighted by Crippen LogP contribution is -2.45. The van der Waals surface area contributed by atoms with Gasteiger partial charge < -0.3 is 0 Å². The fraction of sp³-hybridized carbons (Fsp3) is 0.600. The van der Waals surface area contributed by atoms with Crippen LogP contribution < -0.4 is 4.72 Å². The molecule has 124 valence electrons. The molecule has 0 aliphatic heterocycles. The van der Waals surface area contributed by atoms with E-state index in [0.29, 0.717) is 0 Å². The van der Waals surface area contributed by atoms with E-state index in [-0.39, 0.29) is 18.3 Å². The van der Waals surface area contributed by atoms with Crippen molar-refractivity contribution in [3.63, 3.8) is 0 Å². The van der Waals surface area contributed by atoms with Crippen LogP contribution in [-0.4, -0.2) is 42.3 Å². The predicted molar refractivity (Wildman–Crippen MR) is 89.3 cm³/mol.